The minimum Gasteiger partial charge on any atom is -0.408 e. The molecule has 4 aromatic rings. The highest BCUT2D eigenvalue weighted by molar-refractivity contribution is 6.33. The van der Waals surface area contributed by atoms with Gasteiger partial charge in [0.05, 0.1) is 28.3 Å². The van der Waals surface area contributed by atoms with Crippen molar-refractivity contribution in [2.24, 2.45) is 0 Å². The number of pyridine rings is 1. The van der Waals surface area contributed by atoms with Gasteiger partial charge in [-0.3, -0.25) is 0 Å². The van der Waals surface area contributed by atoms with Crippen LogP contribution < -0.4 is 4.90 Å². The molecule has 1 N–H and O–H groups in total. The summed E-state index contributed by atoms with van der Waals surface area (Å²) in [5.41, 5.74) is 3.70. The first-order valence-corrected chi connectivity index (χ1v) is 8.31. The van der Waals surface area contributed by atoms with Gasteiger partial charge < -0.3 is 14.3 Å². The van der Waals surface area contributed by atoms with Crippen molar-refractivity contribution in [2.75, 3.05) is 11.4 Å². The lowest BCUT2D eigenvalue weighted by molar-refractivity contribution is 0.477. The van der Waals surface area contributed by atoms with E-state index in [1.807, 2.05) is 29.3 Å². The molecule has 1 aliphatic rings. The Morgan fingerprint density at radius 3 is 3.08 bits per heavy atom. The number of fused-ring (bicyclic) bond motifs is 2. The van der Waals surface area contributed by atoms with Crippen LogP contribution in [0, 0.1) is 6.92 Å². The van der Waals surface area contributed by atoms with Crippen LogP contribution in [0.1, 0.15) is 29.0 Å². The summed E-state index contributed by atoms with van der Waals surface area (Å²) in [6.07, 6.45) is 4.41. The highest BCUT2D eigenvalue weighted by atomic mass is 35.5. The van der Waals surface area contributed by atoms with Crippen LogP contribution in [-0.2, 0) is 6.42 Å². The number of aryl methyl sites for hydroxylation is 1. The van der Waals surface area contributed by atoms with Gasteiger partial charge in [0.1, 0.15) is 6.04 Å². The summed E-state index contributed by atoms with van der Waals surface area (Å²) in [5.74, 6) is 0.527. The van der Waals surface area contributed by atoms with Gasteiger partial charge in [-0.2, -0.15) is 5.10 Å². The average Bonchev–Trinajstić information content (AvgIpc) is 3.32. The molecule has 0 fully saturated rings. The molecule has 1 atom stereocenters. The standard InChI is InChI=1S/C16H14ClN7O/c1-9-20-21-16(25-9)23-6-4-11-14(19-8-18-11)15(23)12-7-13-10(17)3-2-5-24(13)22-12/h2-3,5,7-8,15H,4,6H2,1H3,(H,18,19)/t15-/m1/s1. The third-order valence-corrected chi connectivity index (χ3v) is 4.75. The molecule has 8 nitrogen and oxygen atoms in total. The normalized spacial score (nSPS) is 17.2. The fourth-order valence-electron chi connectivity index (χ4n) is 3.32. The van der Waals surface area contributed by atoms with Crippen molar-refractivity contribution in [3.63, 3.8) is 0 Å². The van der Waals surface area contributed by atoms with E-state index < -0.39 is 0 Å². The summed E-state index contributed by atoms with van der Waals surface area (Å²) in [6, 6.07) is 5.95. The molecule has 9 heteroatoms. The quantitative estimate of drug-likeness (QED) is 0.594. The van der Waals surface area contributed by atoms with Crippen molar-refractivity contribution >= 4 is 23.1 Å². The number of imidazole rings is 1. The molecule has 5 rings (SSSR count). The van der Waals surface area contributed by atoms with Crippen LogP contribution in [0.5, 0.6) is 0 Å². The van der Waals surface area contributed by atoms with Crippen molar-refractivity contribution in [1.82, 2.24) is 29.8 Å². The molecule has 0 unspecified atom stereocenters. The molecular weight excluding hydrogens is 342 g/mol. The molecular formula is C16H14ClN7O. The molecule has 0 saturated heterocycles. The van der Waals surface area contributed by atoms with Gasteiger partial charge in [-0.15, -0.1) is 5.10 Å². The molecule has 4 aromatic heterocycles. The Kier molecular flexibility index (Phi) is 3.08. The molecule has 0 aliphatic carbocycles. The van der Waals surface area contributed by atoms with Crippen molar-refractivity contribution in [2.45, 2.75) is 19.4 Å². The van der Waals surface area contributed by atoms with E-state index in [0.29, 0.717) is 16.9 Å². The first kappa shape index (κ1) is 14.5. The maximum absolute atomic E-state index is 6.31. The zero-order valence-electron chi connectivity index (χ0n) is 13.3. The van der Waals surface area contributed by atoms with Crippen LogP contribution in [0.3, 0.4) is 0 Å². The minimum atomic E-state index is -0.217. The van der Waals surface area contributed by atoms with Crippen molar-refractivity contribution in [3.05, 3.63) is 58.7 Å². The predicted octanol–water partition coefficient (Wildman–Crippen LogP) is 2.55. The summed E-state index contributed by atoms with van der Waals surface area (Å²) >= 11 is 6.31. The summed E-state index contributed by atoms with van der Waals surface area (Å²) < 4.78 is 7.44. The number of hydrogen-bond acceptors (Lipinski definition) is 6. The smallest absolute Gasteiger partial charge is 0.319 e. The maximum Gasteiger partial charge on any atom is 0.319 e. The summed E-state index contributed by atoms with van der Waals surface area (Å²) in [6.45, 7) is 2.50. The lowest BCUT2D eigenvalue weighted by atomic mass is 10.0. The monoisotopic (exact) mass is 355 g/mol. The van der Waals surface area contributed by atoms with Crippen LogP contribution in [0.25, 0.3) is 5.52 Å². The minimum absolute atomic E-state index is 0.217. The number of aromatic nitrogens is 6. The zero-order chi connectivity index (χ0) is 17.0. The fourth-order valence-corrected chi connectivity index (χ4v) is 3.53. The molecule has 0 saturated carbocycles. The number of halogens is 1. The van der Waals surface area contributed by atoms with Crippen LogP contribution in [0.2, 0.25) is 5.02 Å². The Balaban J connectivity index is 1.69. The number of aromatic amines is 1. The molecule has 25 heavy (non-hydrogen) atoms. The third-order valence-electron chi connectivity index (χ3n) is 4.44. The molecule has 0 radical (unpaired) electrons. The van der Waals surface area contributed by atoms with Gasteiger partial charge in [0.2, 0.25) is 5.89 Å². The Bertz CT molecular complexity index is 1070. The van der Waals surface area contributed by atoms with E-state index in [9.17, 15) is 0 Å². The van der Waals surface area contributed by atoms with Crippen LogP contribution in [0.4, 0.5) is 6.01 Å². The summed E-state index contributed by atoms with van der Waals surface area (Å²) in [5, 5.41) is 13.5. The molecule has 0 bridgehead atoms. The number of hydrogen-bond donors (Lipinski definition) is 1. The van der Waals surface area contributed by atoms with Crippen molar-refractivity contribution in [3.8, 4) is 0 Å². The first-order valence-electron chi connectivity index (χ1n) is 7.93. The number of rotatable bonds is 2. The van der Waals surface area contributed by atoms with E-state index in [1.165, 1.54) is 0 Å². The summed E-state index contributed by atoms with van der Waals surface area (Å²) in [7, 11) is 0. The van der Waals surface area contributed by atoms with E-state index >= 15 is 0 Å². The molecule has 0 aromatic carbocycles. The van der Waals surface area contributed by atoms with Gasteiger partial charge in [0, 0.05) is 31.8 Å². The average molecular weight is 356 g/mol. The Hall–Kier alpha value is -2.87. The van der Waals surface area contributed by atoms with Crippen LogP contribution >= 0.6 is 11.6 Å². The van der Waals surface area contributed by atoms with Gasteiger partial charge in [0.25, 0.3) is 0 Å². The van der Waals surface area contributed by atoms with E-state index in [1.54, 1.807) is 17.8 Å². The Morgan fingerprint density at radius 1 is 1.36 bits per heavy atom. The topological polar surface area (TPSA) is 88.1 Å². The number of H-pyrrole nitrogens is 1. The van der Waals surface area contributed by atoms with Crippen molar-refractivity contribution in [1.29, 1.82) is 0 Å². The summed E-state index contributed by atoms with van der Waals surface area (Å²) in [4.78, 5) is 9.78. The van der Waals surface area contributed by atoms with Crippen LogP contribution in [0.15, 0.2) is 35.1 Å². The molecule has 5 heterocycles. The van der Waals surface area contributed by atoms with Gasteiger partial charge in [0.15, 0.2) is 0 Å². The van der Waals surface area contributed by atoms with Gasteiger partial charge in [-0.05, 0) is 18.2 Å². The molecule has 0 spiro atoms. The maximum atomic E-state index is 6.31. The number of anilines is 1. The second-order valence-corrected chi connectivity index (χ2v) is 6.38. The highest BCUT2D eigenvalue weighted by Gasteiger charge is 2.35. The lowest BCUT2D eigenvalue weighted by Gasteiger charge is -2.32. The van der Waals surface area contributed by atoms with Gasteiger partial charge >= 0.3 is 6.01 Å². The SMILES string of the molecule is Cc1nnc(N2CCc3[nH]cnc3[C@H]2c2cc3c(Cl)cccn3n2)o1. The van der Waals surface area contributed by atoms with Gasteiger partial charge in [-0.1, -0.05) is 16.7 Å². The van der Waals surface area contributed by atoms with Crippen molar-refractivity contribution < 1.29 is 4.42 Å². The third kappa shape index (κ3) is 2.21. The second-order valence-electron chi connectivity index (χ2n) is 5.97. The molecule has 0 amide bonds. The Morgan fingerprint density at radius 2 is 2.28 bits per heavy atom. The molecule has 1 aliphatic heterocycles. The Labute approximate surface area is 147 Å². The second kappa shape index (κ2) is 5.32. The first-order chi connectivity index (χ1) is 12.2. The van der Waals surface area contributed by atoms with Gasteiger partial charge in [-0.25, -0.2) is 9.50 Å². The lowest BCUT2D eigenvalue weighted by Crippen LogP contribution is -2.36. The number of nitrogens with zero attached hydrogens (tertiary/aromatic N) is 6. The largest absolute Gasteiger partial charge is 0.408 e. The van der Waals surface area contributed by atoms with E-state index in [-0.39, 0.29) is 6.04 Å². The zero-order valence-corrected chi connectivity index (χ0v) is 14.1. The van der Waals surface area contributed by atoms with E-state index in [4.69, 9.17) is 21.1 Å². The highest BCUT2D eigenvalue weighted by Crippen LogP contribution is 2.36. The fraction of sp³-hybridized carbons (Fsp3) is 0.250. The number of nitrogens with one attached hydrogen (secondary N) is 1. The van der Waals surface area contributed by atoms with Crippen LogP contribution in [-0.4, -0.2) is 36.3 Å². The predicted molar refractivity (Wildman–Crippen MR) is 90.7 cm³/mol. The molecule has 126 valence electrons. The van der Waals surface area contributed by atoms with E-state index in [0.717, 1.165) is 35.6 Å². The van der Waals surface area contributed by atoms with E-state index in [2.05, 4.69) is 20.2 Å².